The zero-order valence-corrected chi connectivity index (χ0v) is 18.8. The quantitative estimate of drug-likeness (QED) is 0.551. The van der Waals surface area contributed by atoms with Gasteiger partial charge in [0.25, 0.3) is 0 Å². The van der Waals surface area contributed by atoms with Gasteiger partial charge >= 0.3 is 5.97 Å². The SMILES string of the molecule is CCOC(=O)C1C(C)=Nc2[nH]ncc2C1c1ccccc1-c1ccc(NS(C)(=O)=O)cc1. The second-order valence-corrected chi connectivity index (χ2v) is 9.42. The lowest BCUT2D eigenvalue weighted by atomic mass is 9.75. The number of aliphatic imine (C=N–C) groups is 1. The third kappa shape index (κ3) is 4.29. The summed E-state index contributed by atoms with van der Waals surface area (Å²) in [6, 6.07) is 15.0. The predicted octanol–water partition coefficient (Wildman–Crippen LogP) is 3.87. The van der Waals surface area contributed by atoms with Gasteiger partial charge < -0.3 is 4.74 Å². The van der Waals surface area contributed by atoms with Crippen LogP contribution in [0.4, 0.5) is 11.5 Å². The minimum atomic E-state index is -3.36. The number of hydrogen-bond acceptors (Lipinski definition) is 6. The highest BCUT2D eigenvalue weighted by Crippen LogP contribution is 2.45. The van der Waals surface area contributed by atoms with E-state index in [2.05, 4.69) is 19.9 Å². The van der Waals surface area contributed by atoms with Crippen LogP contribution in [0.25, 0.3) is 11.1 Å². The number of carbonyl (C=O) groups excluding carboxylic acids is 1. The number of sulfonamides is 1. The maximum Gasteiger partial charge on any atom is 0.315 e. The number of nitrogens with zero attached hydrogens (tertiary/aromatic N) is 2. The number of anilines is 1. The Morgan fingerprint density at radius 3 is 2.53 bits per heavy atom. The summed E-state index contributed by atoms with van der Waals surface area (Å²) < 4.78 is 30.9. The molecule has 0 aliphatic carbocycles. The van der Waals surface area contributed by atoms with Crippen LogP contribution < -0.4 is 4.72 Å². The second kappa shape index (κ2) is 8.58. The summed E-state index contributed by atoms with van der Waals surface area (Å²) in [6.07, 6.45) is 2.82. The first-order valence-electron chi connectivity index (χ1n) is 10.2. The van der Waals surface area contributed by atoms with Crippen LogP contribution in [0, 0.1) is 5.92 Å². The van der Waals surface area contributed by atoms with Crippen molar-refractivity contribution in [2.24, 2.45) is 10.9 Å². The molecule has 32 heavy (non-hydrogen) atoms. The Kier molecular flexibility index (Phi) is 5.84. The molecule has 2 unspecified atom stereocenters. The molecule has 3 aromatic rings. The minimum absolute atomic E-state index is 0.282. The van der Waals surface area contributed by atoms with Crippen molar-refractivity contribution in [2.75, 3.05) is 17.6 Å². The maximum atomic E-state index is 13.0. The summed E-state index contributed by atoms with van der Waals surface area (Å²) in [5, 5.41) is 7.07. The number of rotatable bonds is 6. The molecule has 2 atom stereocenters. The molecule has 4 rings (SSSR count). The van der Waals surface area contributed by atoms with Gasteiger partial charge in [0.2, 0.25) is 10.0 Å². The topological polar surface area (TPSA) is 114 Å². The van der Waals surface area contributed by atoms with Crippen molar-refractivity contribution in [1.82, 2.24) is 10.2 Å². The monoisotopic (exact) mass is 452 g/mol. The molecule has 0 radical (unpaired) electrons. The van der Waals surface area contributed by atoms with Gasteiger partial charge in [-0.25, -0.2) is 13.4 Å². The molecule has 0 bridgehead atoms. The predicted molar refractivity (Wildman–Crippen MR) is 124 cm³/mol. The smallest absolute Gasteiger partial charge is 0.315 e. The lowest BCUT2D eigenvalue weighted by molar-refractivity contribution is -0.146. The van der Waals surface area contributed by atoms with Gasteiger partial charge in [0.1, 0.15) is 5.92 Å². The van der Waals surface area contributed by atoms with Crippen molar-refractivity contribution in [3.63, 3.8) is 0 Å². The fourth-order valence-electron chi connectivity index (χ4n) is 4.12. The van der Waals surface area contributed by atoms with E-state index in [1.807, 2.05) is 43.3 Å². The highest BCUT2D eigenvalue weighted by atomic mass is 32.2. The molecule has 1 aliphatic heterocycles. The zero-order valence-electron chi connectivity index (χ0n) is 18.0. The minimum Gasteiger partial charge on any atom is -0.465 e. The Morgan fingerprint density at radius 2 is 1.84 bits per heavy atom. The lowest BCUT2D eigenvalue weighted by Gasteiger charge is -2.30. The Bertz CT molecular complexity index is 1280. The van der Waals surface area contributed by atoms with Crippen molar-refractivity contribution < 1.29 is 17.9 Å². The molecular weight excluding hydrogens is 428 g/mol. The molecule has 1 aromatic heterocycles. The first kappa shape index (κ1) is 21.8. The number of aromatic amines is 1. The molecule has 1 aliphatic rings. The highest BCUT2D eigenvalue weighted by molar-refractivity contribution is 7.92. The number of nitrogens with one attached hydrogen (secondary N) is 2. The van der Waals surface area contributed by atoms with E-state index in [-0.39, 0.29) is 18.5 Å². The van der Waals surface area contributed by atoms with E-state index in [1.54, 1.807) is 25.3 Å². The number of esters is 1. The van der Waals surface area contributed by atoms with Crippen molar-refractivity contribution in [3.05, 3.63) is 65.9 Å². The number of fused-ring (bicyclic) bond motifs is 1. The second-order valence-electron chi connectivity index (χ2n) is 7.67. The first-order chi connectivity index (χ1) is 15.3. The molecular formula is C23H24N4O4S. The number of benzene rings is 2. The van der Waals surface area contributed by atoms with Crippen LogP contribution in [0.1, 0.15) is 30.9 Å². The fraction of sp³-hybridized carbons (Fsp3) is 0.261. The molecule has 0 amide bonds. The summed E-state index contributed by atoms with van der Waals surface area (Å²) in [5.74, 6) is -0.596. The summed E-state index contributed by atoms with van der Waals surface area (Å²) in [6.45, 7) is 3.89. The van der Waals surface area contributed by atoms with Crippen LogP contribution in [0.15, 0.2) is 59.7 Å². The third-order valence-electron chi connectivity index (χ3n) is 5.39. The number of hydrogen-bond donors (Lipinski definition) is 2. The average molecular weight is 453 g/mol. The van der Waals surface area contributed by atoms with Crippen LogP contribution in [0.2, 0.25) is 0 Å². The third-order valence-corrected chi connectivity index (χ3v) is 6.00. The Hall–Kier alpha value is -3.46. The normalized spacial score (nSPS) is 17.9. The van der Waals surface area contributed by atoms with Crippen LogP contribution >= 0.6 is 0 Å². The number of H-pyrrole nitrogens is 1. The first-order valence-corrected chi connectivity index (χ1v) is 12.1. The van der Waals surface area contributed by atoms with Gasteiger partial charge in [0.15, 0.2) is 5.82 Å². The maximum absolute atomic E-state index is 13.0. The van der Waals surface area contributed by atoms with Crippen LogP contribution in [-0.2, 0) is 19.6 Å². The van der Waals surface area contributed by atoms with Gasteiger partial charge in [0, 0.05) is 22.9 Å². The van der Waals surface area contributed by atoms with E-state index in [4.69, 9.17) is 4.74 Å². The van der Waals surface area contributed by atoms with E-state index in [0.717, 1.165) is 28.5 Å². The van der Waals surface area contributed by atoms with Crippen LogP contribution in [0.5, 0.6) is 0 Å². The summed E-state index contributed by atoms with van der Waals surface area (Å²) >= 11 is 0. The van der Waals surface area contributed by atoms with Crippen molar-refractivity contribution in [1.29, 1.82) is 0 Å². The molecule has 166 valence electrons. The molecule has 2 N–H and O–H groups in total. The highest BCUT2D eigenvalue weighted by Gasteiger charge is 2.40. The molecule has 0 saturated heterocycles. The Labute approximate surface area is 186 Å². The summed E-state index contributed by atoms with van der Waals surface area (Å²) in [5.41, 5.74) is 4.73. The molecule has 2 heterocycles. The van der Waals surface area contributed by atoms with E-state index in [1.165, 1.54) is 0 Å². The Morgan fingerprint density at radius 1 is 1.12 bits per heavy atom. The zero-order chi connectivity index (χ0) is 22.9. The molecule has 0 fully saturated rings. The molecule has 9 heteroatoms. The molecule has 8 nitrogen and oxygen atoms in total. The van der Waals surface area contributed by atoms with E-state index < -0.39 is 15.9 Å². The number of carbonyl (C=O) groups is 1. The van der Waals surface area contributed by atoms with Gasteiger partial charge in [0.05, 0.1) is 19.1 Å². The summed E-state index contributed by atoms with van der Waals surface area (Å²) in [4.78, 5) is 17.5. The van der Waals surface area contributed by atoms with Crippen LogP contribution in [0.3, 0.4) is 0 Å². The van der Waals surface area contributed by atoms with Crippen molar-refractivity contribution in [3.8, 4) is 11.1 Å². The van der Waals surface area contributed by atoms with Gasteiger partial charge in [-0.05, 0) is 42.7 Å². The lowest BCUT2D eigenvalue weighted by Crippen LogP contribution is -2.33. The fourth-order valence-corrected chi connectivity index (χ4v) is 4.69. The van der Waals surface area contributed by atoms with Crippen molar-refractivity contribution in [2.45, 2.75) is 19.8 Å². The van der Waals surface area contributed by atoms with Gasteiger partial charge in [-0.2, -0.15) is 5.10 Å². The van der Waals surface area contributed by atoms with Crippen LogP contribution in [-0.4, -0.2) is 43.2 Å². The molecule has 0 spiro atoms. The van der Waals surface area contributed by atoms with Gasteiger partial charge in [-0.15, -0.1) is 0 Å². The van der Waals surface area contributed by atoms with Crippen molar-refractivity contribution >= 4 is 33.2 Å². The largest absolute Gasteiger partial charge is 0.465 e. The van der Waals surface area contributed by atoms with E-state index in [9.17, 15) is 13.2 Å². The Balaban J connectivity index is 1.81. The molecule has 2 aromatic carbocycles. The van der Waals surface area contributed by atoms with E-state index >= 15 is 0 Å². The number of aromatic nitrogens is 2. The van der Waals surface area contributed by atoms with E-state index in [0.29, 0.717) is 17.2 Å². The number of ether oxygens (including phenoxy) is 1. The molecule has 0 saturated carbocycles. The van der Waals surface area contributed by atoms with Gasteiger partial charge in [-0.1, -0.05) is 36.4 Å². The van der Waals surface area contributed by atoms with Gasteiger partial charge in [-0.3, -0.25) is 14.6 Å². The average Bonchev–Trinajstić information content (AvgIpc) is 3.20. The standard InChI is InChI=1S/C23H24N4O4S/c1-4-31-23(28)20-14(2)25-22-19(13-24-26-22)21(20)18-8-6-5-7-17(18)15-9-11-16(12-10-15)27-32(3,29)30/h5-13,20-21,27H,4H2,1-3H3,(H,24,26). The summed E-state index contributed by atoms with van der Waals surface area (Å²) in [7, 11) is -3.36.